The molecule has 0 aliphatic carbocycles. The van der Waals surface area contributed by atoms with Gasteiger partial charge < -0.3 is 9.57 Å². The third-order valence-electron chi connectivity index (χ3n) is 0.898. The van der Waals surface area contributed by atoms with E-state index < -0.39 is 0 Å². The Labute approximate surface area is 67.6 Å². The van der Waals surface area contributed by atoms with Gasteiger partial charge in [-0.2, -0.15) is 0 Å². The fourth-order valence-electron chi connectivity index (χ4n) is 0.462. The van der Waals surface area contributed by atoms with Crippen LogP contribution in [0.15, 0.2) is 24.6 Å². The van der Waals surface area contributed by atoms with Crippen LogP contribution in [-0.4, -0.2) is 13.2 Å². The van der Waals surface area contributed by atoms with Crippen LogP contribution in [-0.2, 0) is 9.57 Å². The quantitative estimate of drug-likeness (QED) is 0.660. The first-order chi connectivity index (χ1) is 5.41. The van der Waals surface area contributed by atoms with Gasteiger partial charge in [-0.25, -0.2) is 5.48 Å². The number of ether oxygens (including phenoxy) is 1. The Kier molecular flexibility index (Phi) is 8.25. The van der Waals surface area contributed by atoms with Crippen molar-refractivity contribution >= 4 is 0 Å². The van der Waals surface area contributed by atoms with Crippen molar-refractivity contribution in [1.29, 1.82) is 0 Å². The maximum atomic E-state index is 4.83. The normalized spacial score (nSPS) is 12.5. The van der Waals surface area contributed by atoms with Gasteiger partial charge in [0.05, 0.1) is 0 Å². The predicted molar refractivity (Wildman–Crippen MR) is 44.7 cm³/mol. The largest absolute Gasteiger partial charge is 0.391 e. The highest BCUT2D eigenvalue weighted by Gasteiger charge is 1.72. The predicted octanol–water partition coefficient (Wildman–Crippen LogP) is 1.59. The van der Waals surface area contributed by atoms with E-state index in [4.69, 9.17) is 4.74 Å². The Morgan fingerprint density at radius 3 is 2.09 bits per heavy atom. The first-order valence-corrected chi connectivity index (χ1v) is 3.72. The molecule has 0 atom stereocenters. The second kappa shape index (κ2) is 9.04. The molecule has 1 heterocycles. The summed E-state index contributed by atoms with van der Waals surface area (Å²) < 4.78 is 4.83. The van der Waals surface area contributed by atoms with Gasteiger partial charge in [-0.05, 0) is 26.0 Å². The smallest absolute Gasteiger partial charge is 0.119 e. The Hall–Kier alpha value is -0.960. The number of hydroxylamine groups is 1. The number of nitrogens with one attached hydrogen (secondary N) is 1. The number of hydrogen-bond acceptors (Lipinski definition) is 3. The van der Waals surface area contributed by atoms with Gasteiger partial charge >= 0.3 is 0 Å². The van der Waals surface area contributed by atoms with Crippen molar-refractivity contribution in [3.05, 3.63) is 24.6 Å². The fraction of sp³-hybridized carbons (Fsp3) is 0.500. The lowest BCUT2D eigenvalue weighted by atomic mass is 10.6. The first-order valence-electron chi connectivity index (χ1n) is 3.72. The van der Waals surface area contributed by atoms with E-state index in [-0.39, 0.29) is 0 Å². The van der Waals surface area contributed by atoms with Crippen molar-refractivity contribution in [2.75, 3.05) is 13.2 Å². The van der Waals surface area contributed by atoms with Crippen molar-refractivity contribution in [2.24, 2.45) is 0 Å². The van der Waals surface area contributed by atoms with Crippen molar-refractivity contribution in [2.45, 2.75) is 13.8 Å². The van der Waals surface area contributed by atoms with Crippen molar-refractivity contribution in [3.8, 4) is 0 Å². The molecule has 0 saturated carbocycles. The second-order valence-electron chi connectivity index (χ2n) is 1.70. The molecule has 1 N–H and O–H groups in total. The van der Waals surface area contributed by atoms with Gasteiger partial charge in [-0.3, -0.25) is 0 Å². The average Bonchev–Trinajstić information content (AvgIpc) is 2.10. The van der Waals surface area contributed by atoms with Crippen LogP contribution in [0.25, 0.3) is 0 Å². The van der Waals surface area contributed by atoms with Crippen molar-refractivity contribution in [1.82, 2.24) is 5.48 Å². The summed E-state index contributed by atoms with van der Waals surface area (Å²) in [4.78, 5) is 4.55. The van der Waals surface area contributed by atoms with Crippen LogP contribution in [0.3, 0.4) is 0 Å². The van der Waals surface area contributed by atoms with E-state index in [1.54, 1.807) is 18.5 Å². The monoisotopic (exact) mass is 157 g/mol. The average molecular weight is 157 g/mol. The topological polar surface area (TPSA) is 30.5 Å². The summed E-state index contributed by atoms with van der Waals surface area (Å²) in [7, 11) is 0. The summed E-state index contributed by atoms with van der Waals surface area (Å²) in [6.07, 6.45) is 6.93. The van der Waals surface area contributed by atoms with Gasteiger partial charge in [0.2, 0.25) is 0 Å². The maximum Gasteiger partial charge on any atom is 0.119 e. The molecule has 1 aliphatic heterocycles. The Morgan fingerprint density at radius 1 is 1.27 bits per heavy atom. The highest BCUT2D eigenvalue weighted by Crippen LogP contribution is 1.80. The van der Waals surface area contributed by atoms with Gasteiger partial charge in [0.25, 0.3) is 0 Å². The minimum absolute atomic E-state index is 0.844. The van der Waals surface area contributed by atoms with Crippen molar-refractivity contribution < 1.29 is 9.57 Å². The summed E-state index contributed by atoms with van der Waals surface area (Å²) in [6.45, 7) is 5.67. The molecule has 3 nitrogen and oxygen atoms in total. The molecule has 0 aromatic rings. The van der Waals surface area contributed by atoms with Crippen LogP contribution < -0.4 is 5.48 Å². The van der Waals surface area contributed by atoms with Gasteiger partial charge in [0.1, 0.15) is 6.26 Å². The van der Waals surface area contributed by atoms with Crippen LogP contribution >= 0.6 is 0 Å². The minimum atomic E-state index is 0.844. The van der Waals surface area contributed by atoms with Crippen LogP contribution in [0.4, 0.5) is 0 Å². The molecular formula is C8H15NO2. The van der Waals surface area contributed by atoms with E-state index in [0.29, 0.717) is 0 Å². The zero-order valence-electron chi connectivity index (χ0n) is 7.04. The van der Waals surface area contributed by atoms with Gasteiger partial charge in [-0.15, -0.1) is 0 Å². The second-order valence-corrected chi connectivity index (χ2v) is 1.70. The van der Waals surface area contributed by atoms with E-state index in [9.17, 15) is 0 Å². The lowest BCUT2D eigenvalue weighted by Crippen LogP contribution is -2.01. The molecule has 0 bridgehead atoms. The molecule has 0 fully saturated rings. The molecule has 11 heavy (non-hydrogen) atoms. The maximum absolute atomic E-state index is 4.83. The Bertz CT molecular complexity index is 107. The third kappa shape index (κ3) is 9.04. The van der Waals surface area contributed by atoms with Gasteiger partial charge in [0.15, 0.2) is 0 Å². The Balaban J connectivity index is 0.000000187. The van der Waals surface area contributed by atoms with E-state index in [1.807, 2.05) is 19.9 Å². The molecular weight excluding hydrogens is 142 g/mol. The first kappa shape index (κ1) is 10.0. The van der Waals surface area contributed by atoms with E-state index in [0.717, 1.165) is 13.2 Å². The standard InChI is InChI=1S/C4H5NO.C4H10O/c1-2-4-6-5-3-1;1-3-5-4-2/h1-5H;3-4H2,1-2H3. The molecule has 0 aromatic heterocycles. The zero-order valence-corrected chi connectivity index (χ0v) is 7.04. The van der Waals surface area contributed by atoms with E-state index in [1.165, 1.54) is 0 Å². The molecule has 64 valence electrons. The summed E-state index contributed by atoms with van der Waals surface area (Å²) in [5, 5.41) is 0. The van der Waals surface area contributed by atoms with Crippen LogP contribution in [0.1, 0.15) is 13.8 Å². The molecule has 0 radical (unpaired) electrons. The zero-order chi connectivity index (χ0) is 8.36. The molecule has 0 saturated heterocycles. The minimum Gasteiger partial charge on any atom is -0.391 e. The molecule has 1 rings (SSSR count). The number of hydrogen-bond donors (Lipinski definition) is 1. The van der Waals surface area contributed by atoms with E-state index >= 15 is 0 Å². The molecule has 1 aliphatic rings. The highest BCUT2D eigenvalue weighted by atomic mass is 16.6. The molecule has 0 amide bonds. The number of rotatable bonds is 2. The summed E-state index contributed by atoms with van der Waals surface area (Å²) in [5.41, 5.74) is 2.52. The molecule has 0 unspecified atom stereocenters. The summed E-state index contributed by atoms with van der Waals surface area (Å²) in [5.74, 6) is 0. The van der Waals surface area contributed by atoms with Gasteiger partial charge in [0, 0.05) is 19.4 Å². The lowest BCUT2D eigenvalue weighted by molar-refractivity contribution is 0.162. The van der Waals surface area contributed by atoms with Crippen LogP contribution in [0.2, 0.25) is 0 Å². The van der Waals surface area contributed by atoms with Gasteiger partial charge in [-0.1, -0.05) is 0 Å². The highest BCUT2D eigenvalue weighted by molar-refractivity contribution is 5.00. The van der Waals surface area contributed by atoms with Crippen LogP contribution in [0, 0.1) is 0 Å². The summed E-state index contributed by atoms with van der Waals surface area (Å²) in [6, 6.07) is 0. The van der Waals surface area contributed by atoms with E-state index in [2.05, 4.69) is 10.3 Å². The lowest BCUT2D eigenvalue weighted by Gasteiger charge is -1.97. The molecule has 0 spiro atoms. The third-order valence-corrected chi connectivity index (χ3v) is 0.898. The summed E-state index contributed by atoms with van der Waals surface area (Å²) >= 11 is 0. The van der Waals surface area contributed by atoms with Crippen molar-refractivity contribution in [3.63, 3.8) is 0 Å². The molecule has 3 heteroatoms. The fourth-order valence-corrected chi connectivity index (χ4v) is 0.462. The van der Waals surface area contributed by atoms with Crippen LogP contribution in [0.5, 0.6) is 0 Å². The Morgan fingerprint density at radius 2 is 2.00 bits per heavy atom. The SMILES string of the molecule is C1=CNOC=C1.CCOCC. The molecule has 0 aromatic carbocycles. The number of allylic oxidation sites excluding steroid dienone is 2.